The number of nitrogens with one attached hydrogen (secondary N) is 1. The van der Waals surface area contributed by atoms with E-state index >= 15 is 0 Å². The van der Waals surface area contributed by atoms with Gasteiger partial charge < -0.3 is 5.11 Å². The second-order valence-corrected chi connectivity index (χ2v) is 6.66. The normalized spacial score (nSPS) is 15.2. The topological polar surface area (TPSA) is 110 Å². The number of sulfonamides is 1. The van der Waals surface area contributed by atoms with Crippen LogP contribution in [0, 0.1) is 16.0 Å². The Kier molecular flexibility index (Phi) is 4.24. The van der Waals surface area contributed by atoms with Gasteiger partial charge in [-0.1, -0.05) is 12.8 Å². The van der Waals surface area contributed by atoms with Gasteiger partial charge in [0.15, 0.2) is 5.75 Å². The van der Waals surface area contributed by atoms with Crippen LogP contribution >= 0.6 is 0 Å². The molecule has 1 fully saturated rings. The summed E-state index contributed by atoms with van der Waals surface area (Å²) >= 11 is 0. The first-order chi connectivity index (χ1) is 9.40. The molecule has 7 nitrogen and oxygen atoms in total. The third kappa shape index (κ3) is 3.67. The van der Waals surface area contributed by atoms with Gasteiger partial charge in [-0.15, -0.1) is 0 Å². The molecule has 1 aromatic carbocycles. The smallest absolute Gasteiger partial charge is 0.312 e. The Hall–Kier alpha value is -1.67. The van der Waals surface area contributed by atoms with Gasteiger partial charge >= 0.3 is 5.69 Å². The average molecular weight is 300 g/mol. The molecule has 0 saturated heterocycles. The van der Waals surface area contributed by atoms with Crippen LogP contribution in [-0.2, 0) is 10.0 Å². The first kappa shape index (κ1) is 14.7. The van der Waals surface area contributed by atoms with Gasteiger partial charge in [-0.2, -0.15) is 0 Å². The summed E-state index contributed by atoms with van der Waals surface area (Å²) in [6.45, 7) is 0.313. The van der Waals surface area contributed by atoms with E-state index in [0.29, 0.717) is 6.54 Å². The summed E-state index contributed by atoms with van der Waals surface area (Å²) < 4.78 is 26.3. The maximum atomic E-state index is 12.0. The second-order valence-electron chi connectivity index (χ2n) is 4.89. The van der Waals surface area contributed by atoms with Crippen molar-refractivity contribution in [3.63, 3.8) is 0 Å². The quantitative estimate of drug-likeness (QED) is 0.453. The molecule has 0 bridgehead atoms. The van der Waals surface area contributed by atoms with Crippen molar-refractivity contribution in [1.29, 1.82) is 0 Å². The minimum absolute atomic E-state index is 0.214. The van der Waals surface area contributed by atoms with Gasteiger partial charge in [-0.3, -0.25) is 10.1 Å². The lowest BCUT2D eigenvalue weighted by Crippen LogP contribution is -2.24. The predicted octanol–water partition coefficient (Wildman–Crippen LogP) is 1.77. The molecule has 1 aliphatic rings. The standard InChI is InChI=1S/C12H16N2O5S/c15-12-6-5-10(8-11(12)14(16)17)20(18,19)13-7-1-2-9-3-4-9/h5-6,8-9,13,15H,1-4,7H2. The minimum atomic E-state index is -3.78. The lowest BCUT2D eigenvalue weighted by Gasteiger charge is -2.07. The number of nitrogens with zero attached hydrogens (tertiary/aromatic N) is 1. The third-order valence-electron chi connectivity index (χ3n) is 3.23. The number of phenolic OH excluding ortho intramolecular Hbond substituents is 1. The number of benzene rings is 1. The summed E-state index contributed by atoms with van der Waals surface area (Å²) in [6, 6.07) is 3.01. The van der Waals surface area contributed by atoms with Crippen LogP contribution in [0.15, 0.2) is 23.1 Å². The molecule has 0 heterocycles. The molecule has 1 aromatic rings. The fraction of sp³-hybridized carbons (Fsp3) is 0.500. The molecule has 0 atom stereocenters. The van der Waals surface area contributed by atoms with Crippen LogP contribution in [-0.4, -0.2) is 25.0 Å². The number of hydrogen-bond donors (Lipinski definition) is 2. The summed E-state index contributed by atoms with van der Waals surface area (Å²) in [4.78, 5) is 9.64. The monoisotopic (exact) mass is 300 g/mol. The Balaban J connectivity index is 2.03. The summed E-state index contributed by atoms with van der Waals surface area (Å²) in [5, 5.41) is 20.0. The van der Waals surface area contributed by atoms with E-state index in [4.69, 9.17) is 0 Å². The SMILES string of the molecule is O=[N+]([O-])c1cc(S(=O)(=O)NCCCC2CC2)ccc1O. The molecular weight excluding hydrogens is 284 g/mol. The lowest BCUT2D eigenvalue weighted by atomic mass is 10.2. The number of aromatic hydroxyl groups is 1. The van der Waals surface area contributed by atoms with Gasteiger partial charge in [0.1, 0.15) is 0 Å². The number of phenols is 1. The third-order valence-corrected chi connectivity index (χ3v) is 4.69. The largest absolute Gasteiger partial charge is 0.502 e. The van der Waals surface area contributed by atoms with Crippen molar-refractivity contribution in [3.8, 4) is 5.75 Å². The van der Waals surface area contributed by atoms with Gasteiger partial charge in [0, 0.05) is 12.6 Å². The van der Waals surface area contributed by atoms with Crippen LogP contribution in [0.1, 0.15) is 25.7 Å². The molecule has 0 aromatic heterocycles. The Morgan fingerprint density at radius 1 is 1.40 bits per heavy atom. The van der Waals surface area contributed by atoms with Gasteiger partial charge in [0.2, 0.25) is 10.0 Å². The van der Waals surface area contributed by atoms with Crippen molar-refractivity contribution >= 4 is 15.7 Å². The second kappa shape index (κ2) is 5.76. The number of nitro benzene ring substituents is 1. The summed E-state index contributed by atoms with van der Waals surface area (Å²) in [5.41, 5.74) is -0.620. The molecule has 110 valence electrons. The van der Waals surface area contributed by atoms with E-state index in [9.17, 15) is 23.6 Å². The number of nitro groups is 1. The van der Waals surface area contributed by atoms with E-state index in [1.807, 2.05) is 0 Å². The first-order valence-electron chi connectivity index (χ1n) is 6.37. The number of hydrogen-bond acceptors (Lipinski definition) is 5. The molecule has 8 heteroatoms. The van der Waals surface area contributed by atoms with Crippen LogP contribution in [0.4, 0.5) is 5.69 Å². The van der Waals surface area contributed by atoms with Gasteiger partial charge in [-0.05, 0) is 30.9 Å². The summed E-state index contributed by atoms with van der Waals surface area (Å²) in [7, 11) is -3.78. The highest BCUT2D eigenvalue weighted by molar-refractivity contribution is 7.89. The molecule has 0 spiro atoms. The van der Waals surface area contributed by atoms with E-state index in [1.165, 1.54) is 12.8 Å². The van der Waals surface area contributed by atoms with Crippen LogP contribution in [0.25, 0.3) is 0 Å². The fourth-order valence-electron chi connectivity index (χ4n) is 1.90. The van der Waals surface area contributed by atoms with Gasteiger partial charge in [0.05, 0.1) is 9.82 Å². The Morgan fingerprint density at radius 2 is 2.10 bits per heavy atom. The molecular formula is C12H16N2O5S. The maximum absolute atomic E-state index is 12.0. The Labute approximate surface area is 116 Å². The first-order valence-corrected chi connectivity index (χ1v) is 7.85. The highest BCUT2D eigenvalue weighted by Gasteiger charge is 2.22. The van der Waals surface area contributed by atoms with Crippen LogP contribution in [0.3, 0.4) is 0 Å². The molecule has 1 saturated carbocycles. The highest BCUT2D eigenvalue weighted by atomic mass is 32.2. The minimum Gasteiger partial charge on any atom is -0.502 e. The Morgan fingerprint density at radius 3 is 2.70 bits per heavy atom. The zero-order valence-corrected chi connectivity index (χ0v) is 11.6. The van der Waals surface area contributed by atoms with Crippen LogP contribution < -0.4 is 4.72 Å². The average Bonchev–Trinajstić information content (AvgIpc) is 3.18. The van der Waals surface area contributed by atoms with Crippen molar-refractivity contribution < 1.29 is 18.4 Å². The molecule has 0 amide bonds. The maximum Gasteiger partial charge on any atom is 0.312 e. The summed E-state index contributed by atoms with van der Waals surface area (Å²) in [6.07, 6.45) is 4.19. The van der Waals surface area contributed by atoms with Gasteiger partial charge in [-0.25, -0.2) is 13.1 Å². The molecule has 0 aliphatic heterocycles. The van der Waals surface area contributed by atoms with Gasteiger partial charge in [0.25, 0.3) is 0 Å². The van der Waals surface area contributed by atoms with Crippen molar-refractivity contribution in [2.75, 3.05) is 6.54 Å². The van der Waals surface area contributed by atoms with Crippen LogP contribution in [0.2, 0.25) is 0 Å². The van der Waals surface area contributed by atoms with E-state index < -0.39 is 26.4 Å². The fourth-order valence-corrected chi connectivity index (χ4v) is 3.00. The molecule has 20 heavy (non-hydrogen) atoms. The molecule has 1 aliphatic carbocycles. The molecule has 2 rings (SSSR count). The molecule has 0 unspecified atom stereocenters. The summed E-state index contributed by atoms with van der Waals surface area (Å²) in [5.74, 6) is 0.178. The van der Waals surface area contributed by atoms with E-state index in [1.54, 1.807) is 0 Å². The highest BCUT2D eigenvalue weighted by Crippen LogP contribution is 2.33. The molecule has 0 radical (unpaired) electrons. The van der Waals surface area contributed by atoms with Crippen molar-refractivity contribution in [3.05, 3.63) is 28.3 Å². The van der Waals surface area contributed by atoms with E-state index in [2.05, 4.69) is 4.72 Å². The Bertz CT molecular complexity index is 610. The van der Waals surface area contributed by atoms with E-state index in [0.717, 1.165) is 37.0 Å². The van der Waals surface area contributed by atoms with Crippen LogP contribution in [0.5, 0.6) is 5.75 Å². The molecule has 2 N–H and O–H groups in total. The zero-order valence-electron chi connectivity index (χ0n) is 10.8. The zero-order chi connectivity index (χ0) is 14.8. The predicted molar refractivity (Wildman–Crippen MR) is 71.9 cm³/mol. The van der Waals surface area contributed by atoms with Crippen molar-refractivity contribution in [2.24, 2.45) is 5.92 Å². The van der Waals surface area contributed by atoms with Crippen molar-refractivity contribution in [1.82, 2.24) is 4.72 Å². The number of rotatable bonds is 7. The van der Waals surface area contributed by atoms with E-state index in [-0.39, 0.29) is 4.90 Å². The lowest BCUT2D eigenvalue weighted by molar-refractivity contribution is -0.386. The van der Waals surface area contributed by atoms with Crippen molar-refractivity contribution in [2.45, 2.75) is 30.6 Å².